The molecule has 0 heterocycles. The Hall–Kier alpha value is 0. The smallest absolute Gasteiger partial charge is 0.0320 e. The Kier molecular flexibility index (Phi) is 3.55. The van der Waals surface area contributed by atoms with E-state index in [0.29, 0.717) is 10.8 Å². The minimum absolute atomic E-state index is 0.705. The zero-order valence-electron chi connectivity index (χ0n) is 16.7. The molecular formula is C24H40. The first-order chi connectivity index (χ1) is 11.4. The summed E-state index contributed by atoms with van der Waals surface area (Å²) in [5.74, 6) is 9.13. The van der Waals surface area contributed by atoms with Crippen LogP contribution in [0.15, 0.2) is 0 Å². The van der Waals surface area contributed by atoms with Crippen molar-refractivity contribution in [3.8, 4) is 0 Å². The van der Waals surface area contributed by atoms with Gasteiger partial charge in [0.25, 0.3) is 0 Å². The standard InChI is InChI=1S/2C12H20/c2*1-12(2)7-8-6-11(12)10-5-3-4-9(8)10/h2*8-11H,3-7H2,1-2H3. The second-order valence-electron chi connectivity index (χ2n) is 12.1. The fraction of sp³-hybridized carbons (Fsp3) is 1.00. The van der Waals surface area contributed by atoms with Crippen LogP contribution in [0.2, 0.25) is 0 Å². The van der Waals surface area contributed by atoms with E-state index in [-0.39, 0.29) is 0 Å². The van der Waals surface area contributed by atoms with E-state index in [2.05, 4.69) is 27.7 Å². The molecule has 6 fully saturated rings. The van der Waals surface area contributed by atoms with Crippen molar-refractivity contribution in [1.29, 1.82) is 0 Å². The molecule has 0 amide bonds. The van der Waals surface area contributed by atoms with Gasteiger partial charge in [0.2, 0.25) is 0 Å². The molecule has 6 aliphatic rings. The summed E-state index contributed by atoms with van der Waals surface area (Å²) in [6.45, 7) is 10.0. The van der Waals surface area contributed by atoms with Gasteiger partial charge in [0, 0.05) is 0 Å². The highest BCUT2D eigenvalue weighted by Crippen LogP contribution is 2.66. The van der Waals surface area contributed by atoms with Gasteiger partial charge in [-0.2, -0.15) is 0 Å². The summed E-state index contributed by atoms with van der Waals surface area (Å²) in [7, 11) is 0. The SMILES string of the molecule is CC1(C)CC2CC1C1CCCC21.CC1(C)CC2CC1C1CCCC21. The van der Waals surface area contributed by atoms with Crippen molar-refractivity contribution in [2.75, 3.05) is 0 Å². The van der Waals surface area contributed by atoms with Gasteiger partial charge in [-0.15, -0.1) is 0 Å². The second kappa shape index (κ2) is 5.26. The molecule has 8 atom stereocenters. The van der Waals surface area contributed by atoms with Crippen LogP contribution >= 0.6 is 0 Å². The fourth-order valence-corrected chi connectivity index (χ4v) is 9.48. The molecule has 0 heteroatoms. The topological polar surface area (TPSA) is 0 Å². The Morgan fingerprint density at radius 1 is 0.542 bits per heavy atom. The van der Waals surface area contributed by atoms with Crippen LogP contribution < -0.4 is 0 Å². The van der Waals surface area contributed by atoms with E-state index in [1.165, 1.54) is 11.8 Å². The maximum Gasteiger partial charge on any atom is -0.0320 e. The van der Waals surface area contributed by atoms with Crippen molar-refractivity contribution in [2.24, 2.45) is 58.2 Å². The van der Waals surface area contributed by atoms with Crippen molar-refractivity contribution >= 4 is 0 Å². The van der Waals surface area contributed by atoms with Crippen molar-refractivity contribution in [1.82, 2.24) is 0 Å². The third kappa shape index (κ3) is 2.23. The van der Waals surface area contributed by atoms with Gasteiger partial charge in [-0.05, 0) is 110 Å². The number of fused-ring (bicyclic) bond motifs is 10. The minimum Gasteiger partial charge on any atom is -0.0596 e. The first-order valence-corrected chi connectivity index (χ1v) is 11.4. The van der Waals surface area contributed by atoms with Gasteiger partial charge in [0.15, 0.2) is 0 Å². The lowest BCUT2D eigenvalue weighted by Gasteiger charge is -2.37. The molecule has 0 saturated heterocycles. The van der Waals surface area contributed by atoms with E-state index in [9.17, 15) is 0 Å². The Labute approximate surface area is 150 Å². The fourth-order valence-electron chi connectivity index (χ4n) is 9.48. The summed E-state index contributed by atoms with van der Waals surface area (Å²) in [6.07, 6.45) is 15.6. The first-order valence-electron chi connectivity index (χ1n) is 11.4. The number of rotatable bonds is 0. The molecule has 0 N–H and O–H groups in total. The molecule has 0 spiro atoms. The molecule has 0 aromatic heterocycles. The van der Waals surface area contributed by atoms with Crippen LogP contribution in [0.3, 0.4) is 0 Å². The highest BCUT2D eigenvalue weighted by molar-refractivity contribution is 5.07. The van der Waals surface area contributed by atoms with E-state index >= 15 is 0 Å². The second-order valence-corrected chi connectivity index (χ2v) is 12.1. The Morgan fingerprint density at radius 3 is 1.33 bits per heavy atom. The maximum absolute atomic E-state index is 2.51. The average Bonchev–Trinajstić information content (AvgIpc) is 3.24. The molecule has 0 aromatic rings. The molecular weight excluding hydrogens is 288 g/mol. The molecule has 8 unspecified atom stereocenters. The van der Waals surface area contributed by atoms with Crippen LogP contribution in [0, 0.1) is 58.2 Å². The summed E-state index contributed by atoms with van der Waals surface area (Å²) >= 11 is 0. The molecule has 4 bridgehead atoms. The average molecular weight is 329 g/mol. The number of hydrogen-bond acceptors (Lipinski definition) is 0. The Morgan fingerprint density at radius 2 is 0.917 bits per heavy atom. The molecule has 0 aromatic carbocycles. The van der Waals surface area contributed by atoms with Gasteiger partial charge in [-0.25, -0.2) is 0 Å². The van der Waals surface area contributed by atoms with Crippen LogP contribution in [-0.2, 0) is 0 Å². The van der Waals surface area contributed by atoms with E-state index in [1.54, 1.807) is 64.2 Å². The monoisotopic (exact) mass is 328 g/mol. The molecule has 6 aliphatic carbocycles. The molecule has 0 aliphatic heterocycles. The van der Waals surface area contributed by atoms with Crippen molar-refractivity contribution in [2.45, 2.75) is 91.9 Å². The third-order valence-corrected chi connectivity index (χ3v) is 10.2. The Balaban J connectivity index is 0.000000109. The normalized spacial score (nSPS) is 54.5. The number of hydrogen-bond donors (Lipinski definition) is 0. The highest BCUT2D eigenvalue weighted by Gasteiger charge is 2.57. The molecule has 0 nitrogen and oxygen atoms in total. The third-order valence-electron chi connectivity index (χ3n) is 10.2. The van der Waals surface area contributed by atoms with Gasteiger partial charge in [0.05, 0.1) is 0 Å². The van der Waals surface area contributed by atoms with E-state index in [4.69, 9.17) is 0 Å². The molecule has 0 radical (unpaired) electrons. The van der Waals surface area contributed by atoms with E-state index < -0.39 is 0 Å². The molecule has 136 valence electrons. The largest absolute Gasteiger partial charge is 0.0596 e. The van der Waals surface area contributed by atoms with Gasteiger partial charge in [0.1, 0.15) is 0 Å². The highest BCUT2D eigenvalue weighted by atomic mass is 14.6. The summed E-state index contributed by atoms with van der Waals surface area (Å²) in [4.78, 5) is 0. The van der Waals surface area contributed by atoms with Crippen molar-refractivity contribution < 1.29 is 0 Å². The van der Waals surface area contributed by atoms with Crippen LogP contribution in [0.5, 0.6) is 0 Å². The summed E-state index contributed by atoms with van der Waals surface area (Å²) in [5.41, 5.74) is 1.41. The zero-order valence-corrected chi connectivity index (χ0v) is 16.7. The van der Waals surface area contributed by atoms with Crippen molar-refractivity contribution in [3.63, 3.8) is 0 Å². The Bertz CT molecular complexity index is 454. The predicted octanol–water partition coefficient (Wildman–Crippen LogP) is 6.94. The minimum atomic E-state index is 0.705. The van der Waals surface area contributed by atoms with Crippen LogP contribution in [0.25, 0.3) is 0 Å². The summed E-state index contributed by atoms with van der Waals surface area (Å²) in [5, 5.41) is 0. The van der Waals surface area contributed by atoms with Crippen molar-refractivity contribution in [3.05, 3.63) is 0 Å². The van der Waals surface area contributed by atoms with Crippen LogP contribution in [0.4, 0.5) is 0 Å². The van der Waals surface area contributed by atoms with E-state index in [1.807, 2.05) is 0 Å². The van der Waals surface area contributed by atoms with Gasteiger partial charge in [-0.1, -0.05) is 40.5 Å². The first kappa shape index (κ1) is 16.2. The van der Waals surface area contributed by atoms with E-state index in [0.717, 1.165) is 35.5 Å². The van der Waals surface area contributed by atoms with Gasteiger partial charge in [-0.3, -0.25) is 0 Å². The lowest BCUT2D eigenvalue weighted by atomic mass is 9.68. The van der Waals surface area contributed by atoms with Crippen LogP contribution in [-0.4, -0.2) is 0 Å². The molecule has 6 saturated carbocycles. The molecule has 6 rings (SSSR count). The predicted molar refractivity (Wildman–Crippen MR) is 102 cm³/mol. The summed E-state index contributed by atoms with van der Waals surface area (Å²) < 4.78 is 0. The maximum atomic E-state index is 2.51. The van der Waals surface area contributed by atoms with Crippen LogP contribution in [0.1, 0.15) is 91.9 Å². The lowest BCUT2D eigenvalue weighted by Crippen LogP contribution is -2.30. The van der Waals surface area contributed by atoms with Gasteiger partial charge >= 0.3 is 0 Å². The quantitative estimate of drug-likeness (QED) is 0.452. The molecule has 24 heavy (non-hydrogen) atoms. The zero-order chi connectivity index (χ0) is 16.7. The van der Waals surface area contributed by atoms with Gasteiger partial charge < -0.3 is 0 Å². The lowest BCUT2D eigenvalue weighted by molar-refractivity contribution is 0.118. The summed E-state index contributed by atoms with van der Waals surface area (Å²) in [6, 6.07) is 0.